The Morgan fingerprint density at radius 1 is 1.39 bits per heavy atom. The number of halogens is 1. The molecular formula is C17H18ClN3OS. The van der Waals surface area contributed by atoms with Gasteiger partial charge in [0.15, 0.2) is 4.47 Å². The third-order valence-corrected chi connectivity index (χ3v) is 5.02. The highest BCUT2D eigenvalue weighted by Crippen LogP contribution is 2.27. The van der Waals surface area contributed by atoms with Gasteiger partial charge in [-0.2, -0.15) is 0 Å². The summed E-state index contributed by atoms with van der Waals surface area (Å²) >= 11 is 7.37. The van der Waals surface area contributed by atoms with Gasteiger partial charge in [-0.3, -0.25) is 4.79 Å². The van der Waals surface area contributed by atoms with Crippen LogP contribution in [0.4, 0.5) is 0 Å². The van der Waals surface area contributed by atoms with Crippen molar-refractivity contribution in [1.82, 2.24) is 14.5 Å². The molecule has 0 aliphatic heterocycles. The lowest BCUT2D eigenvalue weighted by Crippen LogP contribution is -2.36. The number of benzene rings is 1. The van der Waals surface area contributed by atoms with E-state index in [-0.39, 0.29) is 11.9 Å². The lowest BCUT2D eigenvalue weighted by Gasteiger charge is -2.27. The van der Waals surface area contributed by atoms with Crippen LogP contribution in [0.2, 0.25) is 4.47 Å². The molecule has 3 rings (SSSR count). The second-order valence-corrected chi connectivity index (χ2v) is 7.40. The molecule has 0 saturated carbocycles. The van der Waals surface area contributed by atoms with Gasteiger partial charge in [0, 0.05) is 30.5 Å². The van der Waals surface area contributed by atoms with Crippen molar-refractivity contribution in [3.63, 3.8) is 0 Å². The number of carbonyl (C=O) groups excluding carboxylic acids is 1. The van der Waals surface area contributed by atoms with Crippen molar-refractivity contribution in [2.45, 2.75) is 26.4 Å². The van der Waals surface area contributed by atoms with Crippen molar-refractivity contribution in [3.05, 3.63) is 52.3 Å². The van der Waals surface area contributed by atoms with E-state index in [1.807, 2.05) is 66.9 Å². The Bertz CT molecular complexity index is 853. The van der Waals surface area contributed by atoms with Gasteiger partial charge in [-0.15, -0.1) is 11.3 Å². The fourth-order valence-corrected chi connectivity index (χ4v) is 3.53. The molecule has 0 saturated heterocycles. The molecule has 0 bridgehead atoms. The third-order valence-electron chi connectivity index (χ3n) is 3.88. The molecule has 4 nitrogen and oxygen atoms in total. The molecule has 0 aliphatic carbocycles. The fraction of sp³-hybridized carbons (Fsp3) is 0.294. The Hall–Kier alpha value is -1.85. The Balaban J connectivity index is 1.91. The minimum atomic E-state index is 0.00669. The molecule has 0 atom stereocenters. The fourth-order valence-electron chi connectivity index (χ4n) is 2.52. The number of hydrogen-bond acceptors (Lipinski definition) is 3. The minimum absolute atomic E-state index is 0.00669. The average Bonchev–Trinajstić information content (AvgIpc) is 3.07. The van der Waals surface area contributed by atoms with Crippen LogP contribution >= 0.6 is 22.9 Å². The quantitative estimate of drug-likeness (QED) is 0.704. The number of thiazole rings is 1. The van der Waals surface area contributed by atoms with Crippen molar-refractivity contribution in [2.24, 2.45) is 7.05 Å². The first-order chi connectivity index (χ1) is 11.0. The van der Waals surface area contributed by atoms with Crippen LogP contribution in [0.25, 0.3) is 10.2 Å². The maximum atomic E-state index is 12.9. The lowest BCUT2D eigenvalue weighted by molar-refractivity contribution is 0.0686. The molecular weight excluding hydrogens is 330 g/mol. The SMILES string of the molecule is CC(C)N(Cc1cccn1C)C(=O)c1ccc2sc(Cl)nc2c1. The summed E-state index contributed by atoms with van der Waals surface area (Å²) in [6, 6.07) is 9.70. The highest BCUT2D eigenvalue weighted by atomic mass is 35.5. The summed E-state index contributed by atoms with van der Waals surface area (Å²) in [7, 11) is 1.99. The number of aromatic nitrogens is 2. The molecule has 1 aromatic carbocycles. The van der Waals surface area contributed by atoms with Gasteiger partial charge in [0.1, 0.15) is 0 Å². The largest absolute Gasteiger partial charge is 0.353 e. The second kappa shape index (κ2) is 6.34. The van der Waals surface area contributed by atoms with Crippen LogP contribution in [0.15, 0.2) is 36.5 Å². The summed E-state index contributed by atoms with van der Waals surface area (Å²) in [6.07, 6.45) is 1.99. The maximum Gasteiger partial charge on any atom is 0.254 e. The van der Waals surface area contributed by atoms with E-state index >= 15 is 0 Å². The van der Waals surface area contributed by atoms with E-state index in [1.54, 1.807) is 0 Å². The van der Waals surface area contributed by atoms with Crippen molar-refractivity contribution in [3.8, 4) is 0 Å². The molecule has 0 N–H and O–H groups in total. The normalized spacial score (nSPS) is 11.3. The standard InChI is InChI=1S/C17H18ClN3OS/c1-11(2)21(10-13-5-4-8-20(13)3)16(22)12-6-7-15-14(9-12)19-17(18)23-15/h4-9,11H,10H2,1-3H3. The highest BCUT2D eigenvalue weighted by molar-refractivity contribution is 7.22. The van der Waals surface area contributed by atoms with Crippen molar-refractivity contribution < 1.29 is 4.79 Å². The van der Waals surface area contributed by atoms with E-state index in [2.05, 4.69) is 4.98 Å². The van der Waals surface area contributed by atoms with Crippen molar-refractivity contribution in [2.75, 3.05) is 0 Å². The molecule has 0 aliphatic rings. The van der Waals surface area contributed by atoms with Gasteiger partial charge in [0.2, 0.25) is 0 Å². The zero-order valence-electron chi connectivity index (χ0n) is 13.3. The Morgan fingerprint density at radius 2 is 2.17 bits per heavy atom. The molecule has 3 aromatic rings. The number of rotatable bonds is 4. The Kier molecular flexibility index (Phi) is 4.41. The summed E-state index contributed by atoms with van der Waals surface area (Å²) in [4.78, 5) is 19.1. The van der Waals surface area contributed by atoms with Crippen LogP contribution in [-0.2, 0) is 13.6 Å². The number of carbonyl (C=O) groups is 1. The summed E-state index contributed by atoms with van der Waals surface area (Å²) < 4.78 is 3.52. The summed E-state index contributed by atoms with van der Waals surface area (Å²) in [5.41, 5.74) is 2.51. The summed E-state index contributed by atoms with van der Waals surface area (Å²) in [5.74, 6) is 0.00669. The van der Waals surface area contributed by atoms with Crippen LogP contribution in [0.5, 0.6) is 0 Å². The average molecular weight is 348 g/mol. The molecule has 120 valence electrons. The highest BCUT2D eigenvalue weighted by Gasteiger charge is 2.20. The van der Waals surface area contributed by atoms with Gasteiger partial charge in [-0.25, -0.2) is 4.98 Å². The zero-order valence-corrected chi connectivity index (χ0v) is 14.9. The van der Waals surface area contributed by atoms with Crippen molar-refractivity contribution in [1.29, 1.82) is 0 Å². The van der Waals surface area contributed by atoms with E-state index in [0.717, 1.165) is 15.9 Å². The number of hydrogen-bond donors (Lipinski definition) is 0. The molecule has 0 radical (unpaired) electrons. The second-order valence-electron chi connectivity index (χ2n) is 5.79. The smallest absolute Gasteiger partial charge is 0.254 e. The van der Waals surface area contributed by atoms with Crippen LogP contribution in [0, 0.1) is 0 Å². The van der Waals surface area contributed by atoms with Crippen molar-refractivity contribution >= 4 is 39.1 Å². The van der Waals surface area contributed by atoms with Crippen LogP contribution < -0.4 is 0 Å². The third kappa shape index (κ3) is 3.26. The maximum absolute atomic E-state index is 12.9. The predicted octanol–water partition coefficient (Wildman–Crippen LogP) is 4.34. The van der Waals surface area contributed by atoms with Gasteiger partial charge in [0.05, 0.1) is 16.8 Å². The predicted molar refractivity (Wildman–Crippen MR) is 95.1 cm³/mol. The van der Waals surface area contributed by atoms with Gasteiger partial charge < -0.3 is 9.47 Å². The molecule has 0 fully saturated rings. The van der Waals surface area contributed by atoms with Gasteiger partial charge in [-0.05, 0) is 44.2 Å². The summed E-state index contributed by atoms with van der Waals surface area (Å²) in [5, 5.41) is 0. The van der Waals surface area contributed by atoms with E-state index in [9.17, 15) is 4.79 Å². The van der Waals surface area contributed by atoms with Crippen LogP contribution in [0.3, 0.4) is 0 Å². The lowest BCUT2D eigenvalue weighted by atomic mass is 10.1. The molecule has 23 heavy (non-hydrogen) atoms. The minimum Gasteiger partial charge on any atom is -0.353 e. The Labute approximate surface area is 144 Å². The first-order valence-corrected chi connectivity index (χ1v) is 8.62. The molecule has 6 heteroatoms. The first kappa shape index (κ1) is 16.0. The zero-order chi connectivity index (χ0) is 16.6. The molecule has 0 unspecified atom stereocenters. The number of fused-ring (bicyclic) bond motifs is 1. The topological polar surface area (TPSA) is 38.1 Å². The van der Waals surface area contributed by atoms with Gasteiger partial charge >= 0.3 is 0 Å². The first-order valence-electron chi connectivity index (χ1n) is 7.43. The number of nitrogens with zero attached hydrogens (tertiary/aromatic N) is 3. The Morgan fingerprint density at radius 3 is 2.83 bits per heavy atom. The summed E-state index contributed by atoms with van der Waals surface area (Å²) in [6.45, 7) is 4.63. The van der Waals surface area contributed by atoms with E-state index in [1.165, 1.54) is 11.3 Å². The molecule has 1 amide bonds. The molecule has 2 heterocycles. The van der Waals surface area contributed by atoms with Gasteiger partial charge in [0.25, 0.3) is 5.91 Å². The number of amides is 1. The van der Waals surface area contributed by atoms with E-state index in [0.29, 0.717) is 16.6 Å². The number of aryl methyl sites for hydroxylation is 1. The van der Waals surface area contributed by atoms with Crippen LogP contribution in [-0.4, -0.2) is 26.4 Å². The van der Waals surface area contributed by atoms with Gasteiger partial charge in [-0.1, -0.05) is 11.6 Å². The molecule has 0 spiro atoms. The monoisotopic (exact) mass is 347 g/mol. The van der Waals surface area contributed by atoms with E-state index in [4.69, 9.17) is 11.6 Å². The van der Waals surface area contributed by atoms with Crippen LogP contribution in [0.1, 0.15) is 29.9 Å². The van der Waals surface area contributed by atoms with E-state index < -0.39 is 0 Å². The molecule has 2 aromatic heterocycles.